The van der Waals surface area contributed by atoms with E-state index in [0.717, 1.165) is 83.3 Å². The molecule has 0 bridgehead atoms. The van der Waals surface area contributed by atoms with Crippen molar-refractivity contribution in [1.82, 2.24) is 15.1 Å². The van der Waals surface area contributed by atoms with Gasteiger partial charge in [0.1, 0.15) is 42.7 Å². The van der Waals surface area contributed by atoms with Gasteiger partial charge in [0, 0.05) is 111 Å². The zero-order valence-electron chi connectivity index (χ0n) is 65.1. The van der Waals surface area contributed by atoms with Gasteiger partial charge in [0.05, 0.1) is 114 Å². The van der Waals surface area contributed by atoms with Gasteiger partial charge in [-0.1, -0.05) is 174 Å². The zero-order valence-corrected chi connectivity index (χ0v) is 70.4. The van der Waals surface area contributed by atoms with Gasteiger partial charge in [-0.25, -0.2) is 9.69 Å². The average Bonchev–Trinajstić information content (AvgIpc) is 0.788. The van der Waals surface area contributed by atoms with Crippen LogP contribution in [0.15, 0.2) is 200 Å². The van der Waals surface area contributed by atoms with Crippen LogP contribution >= 0.6 is 69.6 Å². The summed E-state index contributed by atoms with van der Waals surface area (Å²) in [5.41, 5.74) is 6.32. The molecule has 0 spiro atoms. The molecule has 29 heteroatoms. The fraction of sp³-hybridized carbons (Fsp3) is 0.352. The third-order valence-corrected chi connectivity index (χ3v) is 21.8. The van der Waals surface area contributed by atoms with Gasteiger partial charge < -0.3 is 69.6 Å². The molecule has 3 saturated heterocycles. The van der Waals surface area contributed by atoms with Gasteiger partial charge in [-0.15, -0.1) is 0 Å². The standard InChI is InChI=1S/C30H35Cl2N3O4.C28H29Cl2N3O3.C18H20Cl2N2O2.C11H13NO4S.CH4/c1-3-38-29(33)22-4-8-23(9-5-22)30(2,37)20-34-14-15-35(28(19-34)21-6-10-24(31)11-7-21)27-13-12-25(18-26(27)32)39-17-16-36;1-28(35,21-5-9-23(31-2)10-6-21)19-32-13-14-33(27(18-32)20-3-7-22(29)8-4-20)26-12-11-24(17-25(26)30)36-16-15-34;19-14-3-1-13(2-4-14)18-12-21-7-8-22(18)17-6-5-15(11-16(17)20)24-10-9-23;1-11(13,8-16-17(3,14)15)9-4-6-10(12-2)7-5-9;/h4-13,18,28,33,36-37H,3,14-17,19-20H2,1-2H3;3-12,17,27,34-35H,13-16,18-19H2,1H3;1-6,11,18,21,23H,7-10,12H2;4-7,13H,8H2,1,3H3;1H4/t28-,30+;27-,28+;18-;11-;/m0001./s1. The lowest BCUT2D eigenvalue weighted by Crippen LogP contribution is -2.52. The van der Waals surface area contributed by atoms with Crippen LogP contribution in [0.25, 0.3) is 9.69 Å². The van der Waals surface area contributed by atoms with Gasteiger partial charge in [-0.2, -0.15) is 8.42 Å². The fourth-order valence-electron chi connectivity index (χ4n) is 13.7. The Morgan fingerprint density at radius 2 is 0.838 bits per heavy atom. The Balaban J connectivity index is 0.000000202. The van der Waals surface area contributed by atoms with Crippen molar-refractivity contribution in [2.45, 2.75) is 70.1 Å². The Bertz CT molecular complexity index is 4860. The molecule has 9 aromatic carbocycles. The minimum absolute atomic E-state index is 0. The Labute approximate surface area is 717 Å². The first kappa shape index (κ1) is 94.0. The van der Waals surface area contributed by atoms with Gasteiger partial charge in [-0.3, -0.25) is 19.4 Å². The number of β-amino-alcohol motifs (C(OH)–C–C–N with tert-alkyl or cyclic N) is 2. The minimum Gasteiger partial charge on any atom is -0.491 e. The van der Waals surface area contributed by atoms with Crippen LogP contribution in [0.3, 0.4) is 0 Å². The van der Waals surface area contributed by atoms with Crippen LogP contribution < -0.4 is 34.2 Å². The first-order valence-corrected chi connectivity index (χ1v) is 41.6. The van der Waals surface area contributed by atoms with Crippen molar-refractivity contribution in [3.8, 4) is 17.2 Å². The number of benzene rings is 9. The van der Waals surface area contributed by atoms with Gasteiger partial charge >= 0.3 is 0 Å². The Morgan fingerprint density at radius 1 is 0.496 bits per heavy atom. The molecule has 117 heavy (non-hydrogen) atoms. The van der Waals surface area contributed by atoms with Crippen molar-refractivity contribution >= 4 is 114 Å². The van der Waals surface area contributed by atoms with Crippen LogP contribution in [0.2, 0.25) is 30.1 Å². The zero-order chi connectivity index (χ0) is 83.7. The average molecular weight is 1740 g/mol. The second kappa shape index (κ2) is 44.5. The monoisotopic (exact) mass is 1730 g/mol. The van der Waals surface area contributed by atoms with Crippen LogP contribution in [0.4, 0.5) is 28.4 Å². The Kier molecular flexibility index (Phi) is 35.8. The molecule has 0 unspecified atom stereocenters. The summed E-state index contributed by atoms with van der Waals surface area (Å²) < 4.78 is 48.0. The number of nitrogens with zero attached hydrogens (tertiary/aromatic N) is 7. The molecular formula is C88H101Cl6N9O13S. The van der Waals surface area contributed by atoms with Crippen molar-refractivity contribution in [2.24, 2.45) is 0 Å². The predicted molar refractivity (Wildman–Crippen MR) is 469 cm³/mol. The number of piperazine rings is 3. The molecule has 0 aliphatic carbocycles. The lowest BCUT2D eigenvalue weighted by molar-refractivity contribution is 0.00994. The second-order valence-corrected chi connectivity index (χ2v) is 32.6. The summed E-state index contributed by atoms with van der Waals surface area (Å²) in [4.78, 5) is 18.0. The molecule has 3 aliphatic rings. The van der Waals surface area contributed by atoms with Crippen LogP contribution in [0, 0.1) is 18.6 Å². The number of anilines is 3. The Hall–Kier alpha value is -8.48. The number of ether oxygens (including phenoxy) is 4. The summed E-state index contributed by atoms with van der Waals surface area (Å²) in [5, 5.41) is 75.1. The molecule has 3 aliphatic heterocycles. The maximum atomic E-state index is 11.5. The molecule has 3 heterocycles. The minimum atomic E-state index is -3.59. The number of aliphatic hydroxyl groups is 6. The van der Waals surface area contributed by atoms with E-state index < -0.39 is 26.9 Å². The number of hydrogen-bond donors (Lipinski definition) is 8. The van der Waals surface area contributed by atoms with E-state index in [9.17, 15) is 23.7 Å². The van der Waals surface area contributed by atoms with E-state index in [1.165, 1.54) is 12.5 Å². The van der Waals surface area contributed by atoms with Crippen LogP contribution in [0.1, 0.15) is 92.2 Å². The lowest BCUT2D eigenvalue weighted by atomic mass is 9.93. The highest BCUT2D eigenvalue weighted by Gasteiger charge is 2.37. The molecule has 0 aromatic heterocycles. The quantitative estimate of drug-likeness (QED) is 0.0103. The van der Waals surface area contributed by atoms with Crippen molar-refractivity contribution in [1.29, 1.82) is 5.41 Å². The van der Waals surface area contributed by atoms with Gasteiger partial charge in [0.2, 0.25) is 5.90 Å². The predicted octanol–water partition coefficient (Wildman–Crippen LogP) is 16.8. The summed E-state index contributed by atoms with van der Waals surface area (Å²) in [7, 11) is -3.59. The SMILES string of the molecule is C.CCOC(=N)c1ccc([C@](C)(O)CN2CCN(c3ccc(OCCO)cc3Cl)[C@H](c3ccc(Cl)cc3)C2)cc1.OCCOc1ccc(N2CCNC[C@H]2c2ccc(Cl)cc2)c(Cl)c1.[C-]#[N+]c1ccc([C@](C)(O)CN2CCN(c3ccc(OCCO)cc3Cl)[C@H](c3ccc(Cl)cc3)C2)cc1.[C-]#[N+]c1ccc([C@](C)(O)COS(C)(=O)=O)cc1. The molecule has 624 valence electrons. The van der Waals surface area contributed by atoms with E-state index >= 15 is 0 Å². The number of nitrogens with one attached hydrogen (secondary N) is 2. The number of halogens is 6. The highest BCUT2D eigenvalue weighted by atomic mass is 35.5. The lowest BCUT2D eigenvalue weighted by Gasteiger charge is -2.45. The van der Waals surface area contributed by atoms with E-state index in [1.807, 2.05) is 154 Å². The molecule has 0 radical (unpaired) electrons. The van der Waals surface area contributed by atoms with Crippen molar-refractivity contribution in [3.63, 3.8) is 0 Å². The smallest absolute Gasteiger partial charge is 0.264 e. The second-order valence-electron chi connectivity index (χ2n) is 28.5. The van der Waals surface area contributed by atoms with E-state index in [-0.39, 0.29) is 77.7 Å². The third kappa shape index (κ3) is 27.3. The molecule has 0 saturated carbocycles. The summed E-state index contributed by atoms with van der Waals surface area (Å²) in [6.45, 7) is 29.2. The molecule has 22 nitrogen and oxygen atoms in total. The summed E-state index contributed by atoms with van der Waals surface area (Å²) in [5.74, 6) is 2.01. The molecule has 3 fully saturated rings. The number of aliphatic hydroxyl groups excluding tert-OH is 3. The van der Waals surface area contributed by atoms with E-state index in [2.05, 4.69) is 55.8 Å². The first-order valence-electron chi connectivity index (χ1n) is 37.6. The van der Waals surface area contributed by atoms with E-state index in [0.29, 0.717) is 111 Å². The highest BCUT2D eigenvalue weighted by Crippen LogP contribution is 2.42. The van der Waals surface area contributed by atoms with E-state index in [4.69, 9.17) is 122 Å². The van der Waals surface area contributed by atoms with Crippen molar-refractivity contribution in [3.05, 3.63) is 292 Å². The first-order chi connectivity index (χ1) is 55.4. The summed E-state index contributed by atoms with van der Waals surface area (Å²) >= 11 is 38.3. The number of rotatable bonds is 27. The van der Waals surface area contributed by atoms with Gasteiger partial charge in [-0.05, 0) is 146 Å². The third-order valence-electron chi connectivity index (χ3n) is 19.6. The van der Waals surface area contributed by atoms with Gasteiger partial charge in [0.25, 0.3) is 10.1 Å². The summed E-state index contributed by atoms with van der Waals surface area (Å²) in [6.07, 6.45) is 0.922. The normalized spacial score (nSPS) is 17.2. The van der Waals surface area contributed by atoms with Crippen LogP contribution in [-0.2, 0) is 35.8 Å². The molecule has 12 rings (SSSR count). The maximum absolute atomic E-state index is 11.5. The van der Waals surface area contributed by atoms with Crippen molar-refractivity contribution in [2.75, 3.05) is 146 Å². The van der Waals surface area contributed by atoms with E-state index in [1.54, 1.807) is 54.6 Å². The maximum Gasteiger partial charge on any atom is 0.264 e. The summed E-state index contributed by atoms with van der Waals surface area (Å²) in [6, 6.07) is 61.3. The van der Waals surface area contributed by atoms with Crippen LogP contribution in [-0.4, -0.2) is 186 Å². The fourth-order valence-corrected chi connectivity index (χ4v) is 15.4. The van der Waals surface area contributed by atoms with Gasteiger partial charge in [0.15, 0.2) is 11.4 Å². The molecule has 9 aromatic rings. The Morgan fingerprint density at radius 3 is 1.17 bits per heavy atom. The molecule has 8 N–H and O–H groups in total. The molecule has 0 amide bonds. The molecular weight excluding hydrogens is 1640 g/mol. The number of hydrogen-bond acceptors (Lipinski definition) is 20. The van der Waals surface area contributed by atoms with Crippen molar-refractivity contribution < 1.29 is 62.2 Å². The van der Waals surface area contributed by atoms with Crippen LogP contribution in [0.5, 0.6) is 17.2 Å². The largest absolute Gasteiger partial charge is 0.491 e. The highest BCUT2D eigenvalue weighted by molar-refractivity contribution is 7.86. The topological polar surface area (TPSA) is 262 Å². The molecule has 6 atom stereocenters.